The smallest absolute Gasteiger partial charge is 0.202 e. The molecule has 6 heteroatoms. The van der Waals surface area contributed by atoms with Crippen LogP contribution < -0.4 is 9.44 Å². The Morgan fingerprint density at radius 2 is 1.72 bits per heavy atom. The van der Waals surface area contributed by atoms with Gasteiger partial charge in [0.25, 0.3) is 10.2 Å². The summed E-state index contributed by atoms with van der Waals surface area (Å²) in [6.45, 7) is 2.30. The highest BCUT2D eigenvalue weighted by Gasteiger charge is 2.34. The zero-order valence-electron chi connectivity index (χ0n) is 11.0. The third-order valence-electron chi connectivity index (χ3n) is 3.29. The summed E-state index contributed by atoms with van der Waals surface area (Å²) in [5.41, 5.74) is -0.917. The van der Waals surface area contributed by atoms with E-state index in [9.17, 15) is 13.7 Å². The summed E-state index contributed by atoms with van der Waals surface area (Å²) >= 11 is 0. The molecule has 0 heterocycles. The molecule has 0 spiro atoms. The van der Waals surface area contributed by atoms with Gasteiger partial charge in [-0.1, -0.05) is 39.0 Å². The van der Waals surface area contributed by atoms with E-state index in [-0.39, 0.29) is 0 Å². The third kappa shape index (κ3) is 4.92. The van der Waals surface area contributed by atoms with E-state index in [4.69, 9.17) is 0 Å². The number of hydrogen-bond acceptors (Lipinski definition) is 3. The number of nitrogens with one attached hydrogen (secondary N) is 2. The monoisotopic (exact) mass is 273 g/mol. The van der Waals surface area contributed by atoms with Gasteiger partial charge in [0.15, 0.2) is 0 Å². The highest BCUT2D eigenvalue weighted by molar-refractivity contribution is 7.87. The van der Waals surface area contributed by atoms with E-state index in [1.54, 1.807) is 0 Å². The normalized spacial score (nSPS) is 20.7. The summed E-state index contributed by atoms with van der Waals surface area (Å²) in [6.07, 6.45) is 7.10. The lowest BCUT2D eigenvalue weighted by molar-refractivity contribution is 0.355. The standard InChI is InChI=1S/C12H23N3O2S/c1-2-10-14-18(16,17)15-12(11-13)8-6-4-3-5-7-9-12/h14-15H,2-10H2,1H3. The molecule has 0 aromatic rings. The van der Waals surface area contributed by atoms with Crippen molar-refractivity contribution in [1.29, 1.82) is 5.26 Å². The fourth-order valence-corrected chi connectivity index (χ4v) is 3.58. The Bertz CT molecular complexity index is 379. The van der Waals surface area contributed by atoms with E-state index >= 15 is 0 Å². The first-order chi connectivity index (χ1) is 8.54. The highest BCUT2D eigenvalue weighted by atomic mass is 32.2. The van der Waals surface area contributed by atoms with Gasteiger partial charge < -0.3 is 0 Å². The molecule has 2 N–H and O–H groups in total. The van der Waals surface area contributed by atoms with Crippen molar-refractivity contribution in [1.82, 2.24) is 9.44 Å². The first-order valence-electron chi connectivity index (χ1n) is 6.73. The molecule has 1 aliphatic carbocycles. The Balaban J connectivity index is 2.71. The molecule has 104 valence electrons. The van der Waals surface area contributed by atoms with E-state index in [2.05, 4.69) is 15.5 Å². The molecule has 0 aromatic carbocycles. The minimum absolute atomic E-state index is 0.400. The Hall–Kier alpha value is -0.640. The van der Waals surface area contributed by atoms with Crippen LogP contribution in [0.15, 0.2) is 0 Å². The molecule has 0 aromatic heterocycles. The maximum atomic E-state index is 11.8. The van der Waals surface area contributed by atoms with Crippen LogP contribution in [-0.2, 0) is 10.2 Å². The summed E-state index contributed by atoms with van der Waals surface area (Å²) in [6, 6.07) is 2.19. The maximum absolute atomic E-state index is 11.8. The van der Waals surface area contributed by atoms with Crippen LogP contribution in [0.5, 0.6) is 0 Å². The SMILES string of the molecule is CCCNS(=O)(=O)NC1(C#N)CCCCCCC1. The van der Waals surface area contributed by atoms with E-state index in [0.717, 1.165) is 32.1 Å². The number of hydrogen-bond donors (Lipinski definition) is 2. The summed E-state index contributed by atoms with van der Waals surface area (Å²) in [5, 5.41) is 9.34. The van der Waals surface area contributed by atoms with Gasteiger partial charge in [0.1, 0.15) is 5.54 Å². The molecule has 5 nitrogen and oxygen atoms in total. The van der Waals surface area contributed by atoms with Gasteiger partial charge >= 0.3 is 0 Å². The summed E-state index contributed by atoms with van der Waals surface area (Å²) in [4.78, 5) is 0. The first kappa shape index (κ1) is 15.4. The Morgan fingerprint density at radius 1 is 1.17 bits per heavy atom. The lowest BCUT2D eigenvalue weighted by Gasteiger charge is -2.29. The van der Waals surface area contributed by atoms with Gasteiger partial charge in [-0.2, -0.15) is 18.4 Å². The van der Waals surface area contributed by atoms with Gasteiger partial charge in [-0.25, -0.2) is 4.72 Å². The van der Waals surface area contributed by atoms with Gasteiger partial charge in [-0.3, -0.25) is 0 Å². The van der Waals surface area contributed by atoms with Crippen molar-refractivity contribution in [3.8, 4) is 6.07 Å². The van der Waals surface area contributed by atoms with Crippen LogP contribution in [0.3, 0.4) is 0 Å². The summed E-state index contributed by atoms with van der Waals surface area (Å²) in [5.74, 6) is 0. The van der Waals surface area contributed by atoms with Crippen molar-refractivity contribution in [2.75, 3.05) is 6.54 Å². The van der Waals surface area contributed by atoms with Crippen LogP contribution in [0, 0.1) is 11.3 Å². The van der Waals surface area contributed by atoms with Crippen molar-refractivity contribution in [3.63, 3.8) is 0 Å². The quantitative estimate of drug-likeness (QED) is 0.801. The number of nitriles is 1. The zero-order chi connectivity index (χ0) is 13.5. The van der Waals surface area contributed by atoms with Crippen molar-refractivity contribution >= 4 is 10.2 Å². The molecular weight excluding hydrogens is 250 g/mol. The van der Waals surface area contributed by atoms with Crippen molar-refractivity contribution in [2.45, 2.75) is 63.8 Å². The molecule has 0 aliphatic heterocycles. The lowest BCUT2D eigenvalue weighted by Crippen LogP contribution is -2.51. The van der Waals surface area contributed by atoms with Gasteiger partial charge in [-0.05, 0) is 19.3 Å². The number of rotatable bonds is 5. The van der Waals surface area contributed by atoms with Gasteiger partial charge in [0.05, 0.1) is 6.07 Å². The first-order valence-corrected chi connectivity index (χ1v) is 8.22. The van der Waals surface area contributed by atoms with Crippen LogP contribution in [0.4, 0.5) is 0 Å². The van der Waals surface area contributed by atoms with Crippen molar-refractivity contribution < 1.29 is 8.42 Å². The van der Waals surface area contributed by atoms with Crippen LogP contribution in [0.25, 0.3) is 0 Å². The molecule has 0 saturated heterocycles. The second kappa shape index (κ2) is 7.07. The fourth-order valence-electron chi connectivity index (χ4n) is 2.28. The van der Waals surface area contributed by atoms with Crippen molar-refractivity contribution in [3.05, 3.63) is 0 Å². The largest absolute Gasteiger partial charge is 0.278 e. The van der Waals surface area contributed by atoms with E-state index in [0.29, 0.717) is 19.4 Å². The van der Waals surface area contributed by atoms with Crippen molar-refractivity contribution in [2.24, 2.45) is 0 Å². The average Bonchev–Trinajstić information content (AvgIpc) is 2.30. The molecular formula is C12H23N3O2S. The van der Waals surface area contributed by atoms with E-state index in [1.165, 1.54) is 6.42 Å². The van der Waals surface area contributed by atoms with Crippen LogP contribution in [0.1, 0.15) is 58.3 Å². The second-order valence-electron chi connectivity index (χ2n) is 4.96. The van der Waals surface area contributed by atoms with Gasteiger partial charge in [0, 0.05) is 6.54 Å². The van der Waals surface area contributed by atoms with E-state index in [1.807, 2.05) is 6.92 Å². The fraction of sp³-hybridized carbons (Fsp3) is 0.917. The highest BCUT2D eigenvalue weighted by Crippen LogP contribution is 2.26. The molecule has 0 bridgehead atoms. The molecule has 0 radical (unpaired) electrons. The summed E-state index contributed by atoms with van der Waals surface area (Å²) < 4.78 is 28.7. The van der Waals surface area contributed by atoms with Crippen LogP contribution in [0.2, 0.25) is 0 Å². The molecule has 0 amide bonds. The number of nitrogens with zero attached hydrogens (tertiary/aromatic N) is 1. The zero-order valence-corrected chi connectivity index (χ0v) is 11.9. The molecule has 0 unspecified atom stereocenters. The summed E-state index contributed by atoms with van der Waals surface area (Å²) in [7, 11) is -3.56. The van der Waals surface area contributed by atoms with Crippen LogP contribution in [-0.4, -0.2) is 20.5 Å². The molecule has 1 rings (SSSR count). The predicted molar refractivity (Wildman–Crippen MR) is 71.0 cm³/mol. The molecule has 0 atom stereocenters. The molecule has 18 heavy (non-hydrogen) atoms. The van der Waals surface area contributed by atoms with Crippen LogP contribution >= 0.6 is 0 Å². The minimum Gasteiger partial charge on any atom is -0.202 e. The molecule has 1 saturated carbocycles. The topological polar surface area (TPSA) is 82.0 Å². The molecule has 1 aliphatic rings. The maximum Gasteiger partial charge on any atom is 0.278 e. The second-order valence-corrected chi connectivity index (χ2v) is 6.46. The van der Waals surface area contributed by atoms with Gasteiger partial charge in [-0.15, -0.1) is 0 Å². The Morgan fingerprint density at radius 3 is 2.22 bits per heavy atom. The third-order valence-corrected chi connectivity index (χ3v) is 4.54. The predicted octanol–water partition coefficient (Wildman–Crippen LogP) is 1.83. The lowest BCUT2D eigenvalue weighted by atomic mass is 9.86. The average molecular weight is 273 g/mol. The minimum atomic E-state index is -3.56. The van der Waals surface area contributed by atoms with E-state index < -0.39 is 15.7 Å². The molecule has 1 fully saturated rings. The Kier molecular flexibility index (Phi) is 6.06. The Labute approximate surface area is 110 Å². The van der Waals surface area contributed by atoms with Gasteiger partial charge in [0.2, 0.25) is 0 Å².